The molecule has 2 rings (SSSR count). The Balaban J connectivity index is 1.86. The molecule has 0 aromatic heterocycles. The zero-order valence-corrected chi connectivity index (χ0v) is 10.5. The second-order valence-corrected chi connectivity index (χ2v) is 5.90. The normalized spacial score (nSPS) is 15.4. The highest BCUT2D eigenvalue weighted by Crippen LogP contribution is 2.27. The Morgan fingerprint density at radius 3 is 2.33 bits per heavy atom. The van der Waals surface area contributed by atoms with Crippen LogP contribution in [0.3, 0.4) is 0 Å². The van der Waals surface area contributed by atoms with E-state index in [1.165, 1.54) is 0 Å². The van der Waals surface area contributed by atoms with Gasteiger partial charge >= 0.3 is 5.97 Å². The van der Waals surface area contributed by atoms with Crippen LogP contribution in [0.4, 0.5) is 0 Å². The summed E-state index contributed by atoms with van der Waals surface area (Å²) in [5.41, 5.74) is 2.27. The van der Waals surface area contributed by atoms with E-state index in [4.69, 9.17) is 9.29 Å². The number of hydrogen-bond acceptors (Lipinski definition) is 4. The highest BCUT2D eigenvalue weighted by molar-refractivity contribution is 7.85. The van der Waals surface area contributed by atoms with Crippen molar-refractivity contribution in [3.05, 3.63) is 35.4 Å². The molecule has 6 heteroatoms. The lowest BCUT2D eigenvalue weighted by molar-refractivity contribution is -0.147. The van der Waals surface area contributed by atoms with Gasteiger partial charge in [0.1, 0.15) is 12.4 Å². The average molecular weight is 270 g/mol. The largest absolute Gasteiger partial charge is 0.464 e. The molecule has 18 heavy (non-hydrogen) atoms. The van der Waals surface area contributed by atoms with Crippen LogP contribution in [-0.4, -0.2) is 31.3 Å². The highest BCUT2D eigenvalue weighted by atomic mass is 32.2. The number of ether oxygens (including phenoxy) is 1. The standard InChI is InChI=1S/C12H14O5S/c13-12(17-5-6-18(14,15)16)11-7-9-3-1-2-4-10(9)8-11/h1-4,11H,5-8H2,(H,14,15,16). The van der Waals surface area contributed by atoms with E-state index >= 15 is 0 Å². The van der Waals surface area contributed by atoms with Crippen molar-refractivity contribution >= 4 is 16.1 Å². The first-order valence-corrected chi connectivity index (χ1v) is 7.25. The fourth-order valence-electron chi connectivity index (χ4n) is 2.09. The molecule has 0 heterocycles. The molecule has 0 radical (unpaired) electrons. The molecule has 0 aliphatic heterocycles. The van der Waals surface area contributed by atoms with Gasteiger partial charge in [-0.15, -0.1) is 0 Å². The Morgan fingerprint density at radius 2 is 1.83 bits per heavy atom. The maximum atomic E-state index is 11.7. The molecule has 0 bridgehead atoms. The highest BCUT2D eigenvalue weighted by Gasteiger charge is 2.28. The number of rotatable bonds is 4. The zero-order valence-electron chi connectivity index (χ0n) is 9.70. The molecule has 5 nitrogen and oxygen atoms in total. The number of carbonyl (C=O) groups is 1. The van der Waals surface area contributed by atoms with Gasteiger partial charge in [0.2, 0.25) is 0 Å². The molecule has 0 fully saturated rings. The first kappa shape index (κ1) is 13.0. The van der Waals surface area contributed by atoms with E-state index in [2.05, 4.69) is 0 Å². The predicted molar refractivity (Wildman–Crippen MR) is 64.7 cm³/mol. The minimum atomic E-state index is -4.07. The molecule has 0 atom stereocenters. The Labute approximate surface area is 106 Å². The summed E-state index contributed by atoms with van der Waals surface area (Å²) in [6.07, 6.45) is 1.25. The first-order chi connectivity index (χ1) is 8.46. The van der Waals surface area contributed by atoms with Gasteiger partial charge in [0.15, 0.2) is 0 Å². The van der Waals surface area contributed by atoms with Crippen LogP contribution in [0, 0.1) is 5.92 Å². The molecular weight excluding hydrogens is 256 g/mol. The molecule has 0 spiro atoms. The summed E-state index contributed by atoms with van der Waals surface area (Å²) in [6.45, 7) is -0.301. The first-order valence-electron chi connectivity index (χ1n) is 5.64. The average Bonchev–Trinajstić information content (AvgIpc) is 2.70. The molecule has 0 amide bonds. The van der Waals surface area contributed by atoms with Crippen molar-refractivity contribution in [2.24, 2.45) is 5.92 Å². The Bertz CT molecular complexity index is 524. The van der Waals surface area contributed by atoms with E-state index in [1.54, 1.807) is 0 Å². The van der Waals surface area contributed by atoms with E-state index in [0.717, 1.165) is 11.1 Å². The minimum Gasteiger partial charge on any atom is -0.464 e. The smallest absolute Gasteiger partial charge is 0.309 e. The van der Waals surface area contributed by atoms with Crippen LogP contribution in [0.5, 0.6) is 0 Å². The quantitative estimate of drug-likeness (QED) is 0.647. The van der Waals surface area contributed by atoms with Gasteiger partial charge in [-0.3, -0.25) is 9.35 Å². The number of fused-ring (bicyclic) bond motifs is 1. The van der Waals surface area contributed by atoms with Gasteiger partial charge < -0.3 is 4.74 Å². The molecule has 1 aliphatic rings. The minimum absolute atomic E-state index is 0.246. The van der Waals surface area contributed by atoms with Crippen molar-refractivity contribution < 1.29 is 22.5 Å². The summed E-state index contributed by atoms with van der Waals surface area (Å²) in [5.74, 6) is -1.21. The third-order valence-electron chi connectivity index (χ3n) is 2.97. The maximum Gasteiger partial charge on any atom is 0.309 e. The third-order valence-corrected chi connectivity index (χ3v) is 3.65. The SMILES string of the molecule is O=C(OCCS(=O)(=O)O)C1Cc2ccccc2C1. The lowest BCUT2D eigenvalue weighted by Gasteiger charge is -2.08. The van der Waals surface area contributed by atoms with Gasteiger partial charge in [-0.05, 0) is 24.0 Å². The van der Waals surface area contributed by atoms with E-state index in [1.807, 2.05) is 24.3 Å². The van der Waals surface area contributed by atoms with E-state index in [0.29, 0.717) is 12.8 Å². The van der Waals surface area contributed by atoms with Crippen molar-refractivity contribution in [2.75, 3.05) is 12.4 Å². The van der Waals surface area contributed by atoms with Crippen LogP contribution < -0.4 is 0 Å². The molecule has 0 unspecified atom stereocenters. The van der Waals surface area contributed by atoms with Crippen LogP contribution in [-0.2, 0) is 32.5 Å². The van der Waals surface area contributed by atoms with Gasteiger partial charge in [-0.1, -0.05) is 24.3 Å². The van der Waals surface area contributed by atoms with Crippen LogP contribution >= 0.6 is 0 Å². The van der Waals surface area contributed by atoms with Crippen molar-refractivity contribution in [3.8, 4) is 0 Å². The van der Waals surface area contributed by atoms with Crippen LogP contribution in [0.25, 0.3) is 0 Å². The third kappa shape index (κ3) is 3.30. The Kier molecular flexibility index (Phi) is 3.68. The van der Waals surface area contributed by atoms with Gasteiger partial charge in [0.05, 0.1) is 5.92 Å². The fraction of sp³-hybridized carbons (Fsp3) is 0.417. The summed E-state index contributed by atoms with van der Waals surface area (Å²) >= 11 is 0. The molecule has 0 saturated carbocycles. The fourth-order valence-corrected chi connectivity index (χ4v) is 2.38. The summed E-state index contributed by atoms with van der Waals surface area (Å²) < 4.78 is 34.3. The van der Waals surface area contributed by atoms with Crippen LogP contribution in [0.1, 0.15) is 11.1 Å². The number of esters is 1. The summed E-state index contributed by atoms with van der Waals surface area (Å²) in [6, 6.07) is 7.79. The van der Waals surface area contributed by atoms with E-state index < -0.39 is 21.8 Å². The van der Waals surface area contributed by atoms with Crippen molar-refractivity contribution in [3.63, 3.8) is 0 Å². The molecular formula is C12H14O5S. The van der Waals surface area contributed by atoms with E-state index in [9.17, 15) is 13.2 Å². The Hall–Kier alpha value is -1.40. The van der Waals surface area contributed by atoms with Crippen molar-refractivity contribution in [1.29, 1.82) is 0 Å². The maximum absolute atomic E-state index is 11.7. The topological polar surface area (TPSA) is 80.7 Å². The van der Waals surface area contributed by atoms with Gasteiger partial charge in [0.25, 0.3) is 10.1 Å². The lowest BCUT2D eigenvalue weighted by atomic mass is 10.1. The summed E-state index contributed by atoms with van der Waals surface area (Å²) in [5, 5.41) is 0. The monoisotopic (exact) mass is 270 g/mol. The van der Waals surface area contributed by atoms with Crippen molar-refractivity contribution in [2.45, 2.75) is 12.8 Å². The molecule has 1 N–H and O–H groups in total. The van der Waals surface area contributed by atoms with Gasteiger partial charge in [-0.25, -0.2) is 0 Å². The number of hydrogen-bond donors (Lipinski definition) is 1. The second-order valence-electron chi connectivity index (χ2n) is 4.33. The molecule has 0 saturated heterocycles. The molecule has 1 aromatic carbocycles. The number of benzene rings is 1. The van der Waals surface area contributed by atoms with Crippen LogP contribution in [0.2, 0.25) is 0 Å². The van der Waals surface area contributed by atoms with Crippen molar-refractivity contribution in [1.82, 2.24) is 0 Å². The van der Waals surface area contributed by atoms with Gasteiger partial charge in [0, 0.05) is 0 Å². The summed E-state index contributed by atoms with van der Waals surface area (Å²) in [4.78, 5) is 11.7. The molecule has 98 valence electrons. The van der Waals surface area contributed by atoms with E-state index in [-0.39, 0.29) is 12.5 Å². The number of carbonyl (C=O) groups excluding carboxylic acids is 1. The lowest BCUT2D eigenvalue weighted by Crippen LogP contribution is -2.21. The van der Waals surface area contributed by atoms with Gasteiger partial charge in [-0.2, -0.15) is 8.42 Å². The van der Waals surface area contributed by atoms with Crippen LogP contribution in [0.15, 0.2) is 24.3 Å². The molecule has 1 aliphatic carbocycles. The predicted octanol–water partition coefficient (Wildman–Crippen LogP) is 0.832. The Morgan fingerprint density at radius 1 is 1.28 bits per heavy atom. The zero-order chi connectivity index (χ0) is 13.2. The second kappa shape index (κ2) is 5.07. The molecule has 1 aromatic rings. The summed E-state index contributed by atoms with van der Waals surface area (Å²) in [7, 11) is -4.07.